The molecular formula is C25H29ClN4O. The van der Waals surface area contributed by atoms with Gasteiger partial charge in [-0.3, -0.25) is 9.88 Å². The molecule has 0 radical (unpaired) electrons. The minimum atomic E-state index is -0.154. The molecule has 0 bridgehead atoms. The Balaban J connectivity index is 1.45. The topological polar surface area (TPSA) is 53.3 Å². The lowest BCUT2D eigenvalue weighted by molar-refractivity contribution is 0.249. The molecule has 1 aliphatic heterocycles. The summed E-state index contributed by atoms with van der Waals surface area (Å²) in [6.07, 6.45) is 8.55. The zero-order valence-corrected chi connectivity index (χ0v) is 18.8. The highest BCUT2D eigenvalue weighted by Gasteiger charge is 2.42. The van der Waals surface area contributed by atoms with Gasteiger partial charge in [-0.15, -0.1) is 0 Å². The second-order valence-electron chi connectivity index (χ2n) is 8.92. The smallest absolute Gasteiger partial charge is 0.142 e. The number of fused-ring (bicyclic) bond motifs is 4. The Morgan fingerprint density at radius 2 is 2.06 bits per heavy atom. The third-order valence-corrected chi connectivity index (χ3v) is 6.86. The molecule has 0 saturated heterocycles. The summed E-state index contributed by atoms with van der Waals surface area (Å²) in [6, 6.07) is 10.2. The van der Waals surface area contributed by atoms with Crippen molar-refractivity contribution in [2.24, 2.45) is 0 Å². The van der Waals surface area contributed by atoms with Crippen LogP contribution in [0, 0.1) is 0 Å². The molecule has 162 valence electrons. The number of likely N-dealkylation sites (N-methyl/N-ethyl adjacent to an activating group) is 1. The molecule has 2 N–H and O–H groups in total. The molecule has 2 aromatic heterocycles. The third kappa shape index (κ3) is 3.92. The number of furan rings is 1. The van der Waals surface area contributed by atoms with Crippen LogP contribution in [0.15, 0.2) is 53.3 Å². The number of pyridine rings is 1. The van der Waals surface area contributed by atoms with Crippen LogP contribution in [-0.2, 0) is 18.5 Å². The number of rotatable bonds is 5. The summed E-state index contributed by atoms with van der Waals surface area (Å²) in [5, 5.41) is 8.81. The normalized spacial score (nSPS) is 17.6. The summed E-state index contributed by atoms with van der Waals surface area (Å²) >= 11 is 6.73. The van der Waals surface area contributed by atoms with Crippen LogP contribution in [0.2, 0.25) is 5.02 Å². The molecule has 1 spiro atoms. The number of aromatic nitrogens is 1. The summed E-state index contributed by atoms with van der Waals surface area (Å²) < 4.78 is 6.48. The molecular weight excluding hydrogens is 408 g/mol. The van der Waals surface area contributed by atoms with Crippen molar-refractivity contribution in [1.29, 1.82) is 0 Å². The van der Waals surface area contributed by atoms with Crippen molar-refractivity contribution in [2.45, 2.75) is 50.6 Å². The second-order valence-corrected chi connectivity index (χ2v) is 9.33. The monoisotopic (exact) mass is 436 g/mol. The van der Waals surface area contributed by atoms with E-state index in [1.54, 1.807) is 0 Å². The van der Waals surface area contributed by atoms with Crippen LogP contribution in [0.3, 0.4) is 0 Å². The van der Waals surface area contributed by atoms with Crippen molar-refractivity contribution in [3.63, 3.8) is 0 Å². The highest BCUT2D eigenvalue weighted by molar-refractivity contribution is 6.34. The van der Waals surface area contributed by atoms with Gasteiger partial charge in [-0.1, -0.05) is 43.5 Å². The van der Waals surface area contributed by atoms with Crippen LogP contribution in [0.1, 0.15) is 49.1 Å². The highest BCUT2D eigenvalue weighted by Crippen LogP contribution is 2.49. The standard InChI is InChI=1S/C25H29ClN4O/c1-17-28-23-21(26)15-18-14-20(16-30(2)13-9-19-8-4-7-12-27-19)31-24(18)22(23)25(29-17)10-5-3-6-11-25/h4,7-8,12,14-15,28-29H,1,3,5-6,9-11,13,16H2,2H3. The number of nitrogens with one attached hydrogen (secondary N) is 2. The molecule has 0 unspecified atom stereocenters. The lowest BCUT2D eigenvalue weighted by atomic mass is 9.74. The fourth-order valence-electron chi connectivity index (χ4n) is 5.12. The number of hydrogen-bond acceptors (Lipinski definition) is 5. The summed E-state index contributed by atoms with van der Waals surface area (Å²) in [7, 11) is 2.12. The molecule has 1 aromatic carbocycles. The van der Waals surface area contributed by atoms with Gasteiger partial charge in [-0.05, 0) is 44.2 Å². The van der Waals surface area contributed by atoms with E-state index in [0.717, 1.165) is 71.3 Å². The lowest BCUT2D eigenvalue weighted by Gasteiger charge is -2.44. The molecule has 1 saturated carbocycles. The maximum absolute atomic E-state index is 6.73. The number of hydrogen-bond donors (Lipinski definition) is 2. The minimum absolute atomic E-state index is 0.154. The average molecular weight is 437 g/mol. The Morgan fingerprint density at radius 1 is 1.23 bits per heavy atom. The predicted octanol–water partition coefficient (Wildman–Crippen LogP) is 5.80. The van der Waals surface area contributed by atoms with Gasteiger partial charge in [0.05, 0.1) is 28.6 Å². The Bertz CT molecular complexity index is 1100. The molecule has 0 atom stereocenters. The summed E-state index contributed by atoms with van der Waals surface area (Å²) in [5.41, 5.74) is 4.02. The van der Waals surface area contributed by atoms with Crippen LogP contribution in [0.25, 0.3) is 11.0 Å². The molecule has 3 aromatic rings. The van der Waals surface area contributed by atoms with Crippen LogP contribution in [-0.4, -0.2) is 23.5 Å². The van der Waals surface area contributed by atoms with Crippen LogP contribution >= 0.6 is 11.6 Å². The fraction of sp³-hybridized carbons (Fsp3) is 0.400. The SMILES string of the molecule is C=C1Nc2c(Cl)cc3cc(CN(C)CCc4ccccn4)oc3c2C2(CCCCC2)N1. The zero-order chi connectivity index (χ0) is 21.4. The fourth-order valence-corrected chi connectivity index (χ4v) is 5.38. The maximum atomic E-state index is 6.73. The van der Waals surface area contributed by atoms with Crippen molar-refractivity contribution in [1.82, 2.24) is 15.2 Å². The Hall–Kier alpha value is -2.50. The number of nitrogens with zero attached hydrogens (tertiary/aromatic N) is 2. The largest absolute Gasteiger partial charge is 0.459 e. The van der Waals surface area contributed by atoms with Gasteiger partial charge < -0.3 is 15.1 Å². The minimum Gasteiger partial charge on any atom is -0.459 e. The molecule has 2 aliphatic rings. The molecule has 31 heavy (non-hydrogen) atoms. The van der Waals surface area contributed by atoms with Gasteiger partial charge in [0.15, 0.2) is 0 Å². The van der Waals surface area contributed by atoms with Gasteiger partial charge in [0.2, 0.25) is 0 Å². The first-order valence-corrected chi connectivity index (χ1v) is 11.5. The third-order valence-electron chi connectivity index (χ3n) is 6.56. The molecule has 5 nitrogen and oxygen atoms in total. The van der Waals surface area contributed by atoms with E-state index in [0.29, 0.717) is 0 Å². The van der Waals surface area contributed by atoms with Crippen LogP contribution in [0.4, 0.5) is 5.69 Å². The van der Waals surface area contributed by atoms with Gasteiger partial charge in [0.1, 0.15) is 11.3 Å². The van der Waals surface area contributed by atoms with Crippen molar-refractivity contribution in [3.05, 3.63) is 71.0 Å². The molecule has 0 amide bonds. The van der Waals surface area contributed by atoms with Crippen molar-refractivity contribution >= 4 is 28.3 Å². The van der Waals surface area contributed by atoms with E-state index in [4.69, 9.17) is 16.0 Å². The van der Waals surface area contributed by atoms with Crippen molar-refractivity contribution < 1.29 is 4.42 Å². The number of anilines is 1. The Kier molecular flexibility index (Phi) is 5.40. The van der Waals surface area contributed by atoms with E-state index in [-0.39, 0.29) is 5.54 Å². The van der Waals surface area contributed by atoms with Crippen molar-refractivity contribution in [3.8, 4) is 0 Å². The number of benzene rings is 1. The molecule has 3 heterocycles. The number of halogens is 1. The Morgan fingerprint density at radius 3 is 2.84 bits per heavy atom. The summed E-state index contributed by atoms with van der Waals surface area (Å²) in [5.74, 6) is 1.77. The second kappa shape index (κ2) is 8.21. The van der Waals surface area contributed by atoms with E-state index in [9.17, 15) is 0 Å². The average Bonchev–Trinajstić information content (AvgIpc) is 3.15. The maximum Gasteiger partial charge on any atom is 0.142 e. The van der Waals surface area contributed by atoms with Gasteiger partial charge in [-0.25, -0.2) is 0 Å². The van der Waals surface area contributed by atoms with E-state index in [1.165, 1.54) is 24.8 Å². The first-order chi connectivity index (χ1) is 15.0. The molecule has 5 rings (SSSR count). The molecule has 6 heteroatoms. The van der Waals surface area contributed by atoms with E-state index in [2.05, 4.69) is 46.3 Å². The lowest BCUT2D eigenvalue weighted by Crippen LogP contribution is -2.48. The van der Waals surface area contributed by atoms with E-state index in [1.807, 2.05) is 24.4 Å². The van der Waals surface area contributed by atoms with Crippen LogP contribution in [0.5, 0.6) is 0 Å². The molecule has 1 aliphatic carbocycles. The summed E-state index contributed by atoms with van der Waals surface area (Å²) in [6.45, 7) is 5.81. The molecule has 1 fully saturated rings. The summed E-state index contributed by atoms with van der Waals surface area (Å²) in [4.78, 5) is 6.69. The first-order valence-electron chi connectivity index (χ1n) is 11.1. The van der Waals surface area contributed by atoms with E-state index >= 15 is 0 Å². The van der Waals surface area contributed by atoms with Crippen LogP contribution < -0.4 is 10.6 Å². The van der Waals surface area contributed by atoms with Gasteiger partial charge in [-0.2, -0.15) is 0 Å². The first kappa shape index (κ1) is 20.4. The van der Waals surface area contributed by atoms with Gasteiger partial charge in [0.25, 0.3) is 0 Å². The van der Waals surface area contributed by atoms with E-state index < -0.39 is 0 Å². The Labute approximate surface area is 188 Å². The van der Waals surface area contributed by atoms with Crippen molar-refractivity contribution in [2.75, 3.05) is 18.9 Å². The predicted molar refractivity (Wildman–Crippen MR) is 126 cm³/mol. The van der Waals surface area contributed by atoms with Gasteiger partial charge >= 0.3 is 0 Å². The quantitative estimate of drug-likeness (QED) is 0.529. The van der Waals surface area contributed by atoms with Gasteiger partial charge in [0, 0.05) is 35.8 Å². The zero-order valence-electron chi connectivity index (χ0n) is 18.0. The highest BCUT2D eigenvalue weighted by atomic mass is 35.5.